The molecule has 0 spiro atoms. The van der Waals surface area contributed by atoms with Crippen LogP contribution < -0.4 is 4.90 Å². The summed E-state index contributed by atoms with van der Waals surface area (Å²) >= 11 is 7.14. The van der Waals surface area contributed by atoms with Crippen LogP contribution in [0.3, 0.4) is 0 Å². The Labute approximate surface area is 99.2 Å². The number of piperazine rings is 1. The smallest absolute Gasteiger partial charge is 0.187 e. The molecule has 1 fully saturated rings. The Kier molecular flexibility index (Phi) is 3.77. The Morgan fingerprint density at radius 3 is 2.53 bits per heavy atom. The molecule has 4 nitrogen and oxygen atoms in total. The minimum Gasteiger partial charge on any atom is -0.351 e. The van der Waals surface area contributed by atoms with Crippen LogP contribution in [0.15, 0.2) is 0 Å². The zero-order chi connectivity index (χ0) is 10.7. The van der Waals surface area contributed by atoms with Crippen LogP contribution in [-0.4, -0.2) is 46.4 Å². The molecule has 0 bridgehead atoms. The van der Waals surface area contributed by atoms with Gasteiger partial charge in [-0.2, -0.15) is 8.75 Å². The summed E-state index contributed by atoms with van der Waals surface area (Å²) in [5.74, 6) is 0.859. The lowest BCUT2D eigenvalue weighted by Gasteiger charge is -2.34. The Hall–Kier alpha value is -0.390. The van der Waals surface area contributed by atoms with E-state index in [-0.39, 0.29) is 0 Å². The summed E-state index contributed by atoms with van der Waals surface area (Å²) in [5, 5.41) is 0.545. The normalized spacial score (nSPS) is 18.4. The quantitative estimate of drug-likeness (QED) is 0.813. The molecule has 0 N–H and O–H groups in total. The summed E-state index contributed by atoms with van der Waals surface area (Å²) in [6, 6.07) is 0. The highest BCUT2D eigenvalue weighted by molar-refractivity contribution is 6.99. The van der Waals surface area contributed by atoms with Gasteiger partial charge in [0.2, 0.25) is 0 Å². The summed E-state index contributed by atoms with van der Waals surface area (Å²) in [4.78, 5) is 4.70. The highest BCUT2D eigenvalue weighted by Crippen LogP contribution is 2.23. The van der Waals surface area contributed by atoms with Crippen molar-refractivity contribution in [2.45, 2.75) is 13.3 Å². The fourth-order valence-corrected chi connectivity index (χ4v) is 2.64. The van der Waals surface area contributed by atoms with E-state index in [1.165, 1.54) is 24.7 Å². The van der Waals surface area contributed by atoms with Gasteiger partial charge >= 0.3 is 0 Å². The van der Waals surface area contributed by atoms with E-state index < -0.39 is 0 Å². The number of anilines is 1. The van der Waals surface area contributed by atoms with Crippen molar-refractivity contribution in [3.05, 3.63) is 5.15 Å². The van der Waals surface area contributed by atoms with E-state index in [9.17, 15) is 0 Å². The maximum atomic E-state index is 5.95. The van der Waals surface area contributed by atoms with Gasteiger partial charge in [-0.15, -0.1) is 0 Å². The molecule has 15 heavy (non-hydrogen) atoms. The van der Waals surface area contributed by atoms with Crippen LogP contribution >= 0.6 is 23.3 Å². The van der Waals surface area contributed by atoms with E-state index in [1.807, 2.05) is 0 Å². The van der Waals surface area contributed by atoms with Crippen LogP contribution in [0.5, 0.6) is 0 Å². The third-order valence-electron chi connectivity index (χ3n) is 2.64. The lowest BCUT2D eigenvalue weighted by atomic mass is 10.3. The first-order chi connectivity index (χ1) is 7.31. The zero-order valence-corrected chi connectivity index (χ0v) is 10.4. The van der Waals surface area contributed by atoms with Crippen molar-refractivity contribution < 1.29 is 0 Å². The molecule has 0 amide bonds. The van der Waals surface area contributed by atoms with Crippen molar-refractivity contribution in [2.75, 3.05) is 37.6 Å². The monoisotopic (exact) mass is 246 g/mol. The second-order valence-corrected chi connectivity index (χ2v) is 4.59. The largest absolute Gasteiger partial charge is 0.351 e. The lowest BCUT2D eigenvalue weighted by molar-refractivity contribution is 0.258. The second kappa shape index (κ2) is 5.09. The Bertz CT molecular complexity index is 309. The molecule has 6 heteroatoms. The van der Waals surface area contributed by atoms with Gasteiger partial charge in [-0.3, -0.25) is 4.90 Å². The molecule has 0 radical (unpaired) electrons. The molecule has 0 atom stereocenters. The van der Waals surface area contributed by atoms with E-state index in [0.29, 0.717) is 5.15 Å². The number of aromatic nitrogens is 2. The average Bonchev–Trinajstić information content (AvgIpc) is 2.66. The number of hydrogen-bond acceptors (Lipinski definition) is 5. The highest BCUT2D eigenvalue weighted by Gasteiger charge is 2.20. The lowest BCUT2D eigenvalue weighted by Crippen LogP contribution is -2.46. The van der Waals surface area contributed by atoms with Crippen molar-refractivity contribution in [3.63, 3.8) is 0 Å². The van der Waals surface area contributed by atoms with Crippen molar-refractivity contribution in [2.24, 2.45) is 0 Å². The van der Waals surface area contributed by atoms with E-state index in [2.05, 4.69) is 25.5 Å². The molecule has 1 aromatic rings. The first-order valence-electron chi connectivity index (χ1n) is 5.26. The maximum absolute atomic E-state index is 5.95. The molecule has 0 saturated carbocycles. The van der Waals surface area contributed by atoms with Crippen LogP contribution in [0.2, 0.25) is 5.15 Å². The van der Waals surface area contributed by atoms with Crippen LogP contribution in [0.1, 0.15) is 13.3 Å². The first kappa shape index (κ1) is 11.1. The fourth-order valence-electron chi connectivity index (χ4n) is 1.86. The van der Waals surface area contributed by atoms with E-state index >= 15 is 0 Å². The van der Waals surface area contributed by atoms with E-state index in [1.54, 1.807) is 0 Å². The predicted molar refractivity (Wildman–Crippen MR) is 63.9 cm³/mol. The average molecular weight is 247 g/mol. The third-order valence-corrected chi connectivity index (χ3v) is 3.52. The van der Waals surface area contributed by atoms with Crippen molar-refractivity contribution in [3.8, 4) is 0 Å². The van der Waals surface area contributed by atoms with Gasteiger partial charge in [0, 0.05) is 26.2 Å². The van der Waals surface area contributed by atoms with Crippen LogP contribution in [0.4, 0.5) is 5.82 Å². The van der Waals surface area contributed by atoms with Gasteiger partial charge in [0.15, 0.2) is 11.0 Å². The van der Waals surface area contributed by atoms with Gasteiger partial charge in [0.05, 0.1) is 11.7 Å². The summed E-state index contributed by atoms with van der Waals surface area (Å²) in [6.07, 6.45) is 1.22. The molecule has 0 unspecified atom stereocenters. The number of rotatable bonds is 3. The first-order valence-corrected chi connectivity index (χ1v) is 6.37. The highest BCUT2D eigenvalue weighted by atomic mass is 35.5. The number of hydrogen-bond donors (Lipinski definition) is 0. The zero-order valence-electron chi connectivity index (χ0n) is 8.82. The van der Waals surface area contributed by atoms with Gasteiger partial charge in [-0.05, 0) is 13.0 Å². The topological polar surface area (TPSA) is 32.3 Å². The van der Waals surface area contributed by atoms with Gasteiger partial charge < -0.3 is 4.90 Å². The van der Waals surface area contributed by atoms with Crippen LogP contribution in [0.25, 0.3) is 0 Å². The summed E-state index contributed by atoms with van der Waals surface area (Å²) in [5.41, 5.74) is 0. The Morgan fingerprint density at radius 1 is 1.27 bits per heavy atom. The molecule has 1 aromatic heterocycles. The van der Waals surface area contributed by atoms with Gasteiger partial charge in [-0.1, -0.05) is 18.5 Å². The standard InChI is InChI=1S/C9H15ClN4S/c1-2-3-13-4-6-14(7-5-13)9-8(10)11-15-12-9/h2-7H2,1H3. The van der Waals surface area contributed by atoms with Gasteiger partial charge in [0.1, 0.15) is 0 Å². The molecule has 2 heterocycles. The molecule has 0 aliphatic carbocycles. The second-order valence-electron chi connectivity index (χ2n) is 3.71. The number of nitrogens with zero attached hydrogens (tertiary/aromatic N) is 4. The van der Waals surface area contributed by atoms with Crippen LogP contribution in [0, 0.1) is 0 Å². The summed E-state index contributed by atoms with van der Waals surface area (Å²) in [6.45, 7) is 7.62. The molecule has 0 aromatic carbocycles. The van der Waals surface area contributed by atoms with Crippen LogP contribution in [-0.2, 0) is 0 Å². The summed E-state index contributed by atoms with van der Waals surface area (Å²) in [7, 11) is 0. The number of halogens is 1. The minimum absolute atomic E-state index is 0.545. The Morgan fingerprint density at radius 2 is 2.00 bits per heavy atom. The predicted octanol–water partition coefficient (Wildman–Crippen LogP) is 1.72. The third kappa shape index (κ3) is 2.59. The molecule has 2 rings (SSSR count). The summed E-state index contributed by atoms with van der Waals surface area (Å²) < 4.78 is 8.20. The van der Waals surface area contributed by atoms with Crippen molar-refractivity contribution in [1.29, 1.82) is 0 Å². The maximum Gasteiger partial charge on any atom is 0.187 e. The SMILES string of the molecule is CCCN1CCN(c2nsnc2Cl)CC1. The molecule has 1 aliphatic rings. The van der Waals surface area contributed by atoms with Crippen molar-refractivity contribution >= 4 is 29.1 Å². The molecular formula is C9H15ClN4S. The molecule has 84 valence electrons. The fraction of sp³-hybridized carbons (Fsp3) is 0.778. The minimum atomic E-state index is 0.545. The van der Waals surface area contributed by atoms with E-state index in [4.69, 9.17) is 11.6 Å². The molecule has 1 aliphatic heterocycles. The molecule has 1 saturated heterocycles. The Balaban J connectivity index is 1.91. The van der Waals surface area contributed by atoms with Gasteiger partial charge in [-0.25, -0.2) is 0 Å². The van der Waals surface area contributed by atoms with Crippen molar-refractivity contribution in [1.82, 2.24) is 13.6 Å². The molecular weight excluding hydrogens is 232 g/mol. The van der Waals surface area contributed by atoms with Gasteiger partial charge in [0.25, 0.3) is 0 Å². The van der Waals surface area contributed by atoms with E-state index in [0.717, 1.165) is 32.0 Å².